The minimum absolute atomic E-state index is 0.282. The number of thioether (sulfide) groups is 1. The molecular formula is C12H26N2S. The lowest BCUT2D eigenvalue weighted by Gasteiger charge is -2.47. The van der Waals surface area contributed by atoms with E-state index in [1.54, 1.807) is 0 Å². The molecule has 0 aliphatic carbocycles. The third-order valence-electron chi connectivity index (χ3n) is 3.56. The molecule has 1 aliphatic rings. The second-order valence-electron chi connectivity index (χ2n) is 5.67. The van der Waals surface area contributed by atoms with Crippen LogP contribution in [0.15, 0.2) is 0 Å². The molecule has 1 fully saturated rings. The van der Waals surface area contributed by atoms with Gasteiger partial charge >= 0.3 is 0 Å². The van der Waals surface area contributed by atoms with Crippen LogP contribution in [0.5, 0.6) is 0 Å². The van der Waals surface area contributed by atoms with Crippen LogP contribution in [0.1, 0.15) is 34.6 Å². The van der Waals surface area contributed by atoms with E-state index >= 15 is 0 Å². The van der Waals surface area contributed by atoms with Crippen LogP contribution in [-0.4, -0.2) is 41.1 Å². The van der Waals surface area contributed by atoms with Gasteiger partial charge < -0.3 is 5.73 Å². The molecule has 0 aromatic rings. The molecule has 3 heteroatoms. The van der Waals surface area contributed by atoms with Gasteiger partial charge in [-0.2, -0.15) is 11.8 Å². The summed E-state index contributed by atoms with van der Waals surface area (Å²) in [6, 6.07) is 1.16. The Bertz CT molecular complexity index is 200. The van der Waals surface area contributed by atoms with Crippen molar-refractivity contribution in [2.75, 3.05) is 18.8 Å². The molecule has 0 aromatic carbocycles. The molecule has 0 amide bonds. The molecule has 3 atom stereocenters. The van der Waals surface area contributed by atoms with Gasteiger partial charge in [0.05, 0.1) is 0 Å². The molecular weight excluding hydrogens is 204 g/mol. The van der Waals surface area contributed by atoms with E-state index in [9.17, 15) is 0 Å². The fraction of sp³-hybridized carbons (Fsp3) is 1.00. The Hall–Kier alpha value is 0.270. The zero-order chi connectivity index (χ0) is 11.6. The maximum absolute atomic E-state index is 5.95. The molecule has 0 aromatic heterocycles. The van der Waals surface area contributed by atoms with Crippen molar-refractivity contribution in [2.45, 2.75) is 52.0 Å². The van der Waals surface area contributed by atoms with E-state index in [0.717, 1.165) is 11.8 Å². The van der Waals surface area contributed by atoms with Crippen LogP contribution in [0.3, 0.4) is 0 Å². The summed E-state index contributed by atoms with van der Waals surface area (Å²) in [5.41, 5.74) is 6.23. The topological polar surface area (TPSA) is 29.3 Å². The van der Waals surface area contributed by atoms with Crippen LogP contribution in [0.2, 0.25) is 0 Å². The highest BCUT2D eigenvalue weighted by Gasteiger charge is 2.35. The predicted molar refractivity (Wildman–Crippen MR) is 70.4 cm³/mol. The Labute approximate surface area is 99.0 Å². The summed E-state index contributed by atoms with van der Waals surface area (Å²) in [5, 5.41) is 0.732. The molecule has 1 rings (SSSR count). The van der Waals surface area contributed by atoms with Gasteiger partial charge in [-0.3, -0.25) is 4.90 Å². The second-order valence-corrected chi connectivity index (χ2v) is 7.16. The normalized spacial score (nSPS) is 31.6. The van der Waals surface area contributed by atoms with Crippen molar-refractivity contribution in [3.63, 3.8) is 0 Å². The quantitative estimate of drug-likeness (QED) is 0.788. The largest absolute Gasteiger partial charge is 0.329 e. The van der Waals surface area contributed by atoms with Crippen LogP contribution >= 0.6 is 11.8 Å². The van der Waals surface area contributed by atoms with Crippen LogP contribution in [0.25, 0.3) is 0 Å². The van der Waals surface area contributed by atoms with Gasteiger partial charge in [-0.15, -0.1) is 0 Å². The fourth-order valence-corrected chi connectivity index (χ4v) is 3.51. The summed E-state index contributed by atoms with van der Waals surface area (Å²) in [6.07, 6.45) is 0. The molecule has 0 radical (unpaired) electrons. The molecule has 15 heavy (non-hydrogen) atoms. The first-order valence-corrected chi connectivity index (χ1v) is 7.00. The van der Waals surface area contributed by atoms with Crippen LogP contribution in [-0.2, 0) is 0 Å². The average molecular weight is 230 g/mol. The molecule has 0 spiro atoms. The summed E-state index contributed by atoms with van der Waals surface area (Å²) < 4.78 is 0. The lowest BCUT2D eigenvalue weighted by Crippen LogP contribution is -2.57. The molecule has 1 heterocycles. The van der Waals surface area contributed by atoms with E-state index in [-0.39, 0.29) is 5.41 Å². The third-order valence-corrected chi connectivity index (χ3v) is 4.89. The Balaban J connectivity index is 2.75. The first kappa shape index (κ1) is 13.3. The van der Waals surface area contributed by atoms with E-state index < -0.39 is 0 Å². The van der Waals surface area contributed by atoms with Crippen molar-refractivity contribution >= 4 is 11.8 Å². The van der Waals surface area contributed by atoms with Gasteiger partial charge in [0.25, 0.3) is 0 Å². The van der Waals surface area contributed by atoms with Crippen LogP contribution < -0.4 is 5.73 Å². The maximum atomic E-state index is 5.95. The molecule has 1 saturated heterocycles. The molecule has 0 saturated carbocycles. The zero-order valence-corrected chi connectivity index (χ0v) is 11.6. The molecule has 3 unspecified atom stereocenters. The third kappa shape index (κ3) is 3.11. The summed E-state index contributed by atoms with van der Waals surface area (Å²) in [4.78, 5) is 2.61. The predicted octanol–water partition coefficient (Wildman–Crippen LogP) is 2.19. The number of rotatable bonds is 2. The molecule has 1 aliphatic heterocycles. The molecule has 2 N–H and O–H groups in total. The smallest absolute Gasteiger partial charge is 0.0270 e. The van der Waals surface area contributed by atoms with Crippen LogP contribution in [0.4, 0.5) is 0 Å². The highest BCUT2D eigenvalue weighted by molar-refractivity contribution is 8.00. The average Bonchev–Trinajstić information content (AvgIpc) is 2.11. The monoisotopic (exact) mass is 230 g/mol. The van der Waals surface area contributed by atoms with E-state index in [4.69, 9.17) is 5.73 Å². The number of hydrogen-bond acceptors (Lipinski definition) is 3. The second kappa shape index (κ2) is 5.07. The SMILES string of the molecule is CC1SCCN(C(CN)C(C)(C)C)C1C. The Morgan fingerprint density at radius 2 is 2.00 bits per heavy atom. The van der Waals surface area contributed by atoms with Gasteiger partial charge in [0.2, 0.25) is 0 Å². The Morgan fingerprint density at radius 3 is 2.47 bits per heavy atom. The van der Waals surface area contributed by atoms with Crippen molar-refractivity contribution < 1.29 is 0 Å². The van der Waals surface area contributed by atoms with Crippen molar-refractivity contribution in [3.05, 3.63) is 0 Å². The van der Waals surface area contributed by atoms with Gasteiger partial charge in [-0.1, -0.05) is 27.7 Å². The first-order chi connectivity index (χ1) is 6.88. The summed E-state index contributed by atoms with van der Waals surface area (Å²) in [7, 11) is 0. The first-order valence-electron chi connectivity index (χ1n) is 5.95. The van der Waals surface area contributed by atoms with Crippen molar-refractivity contribution in [1.82, 2.24) is 4.90 Å². The molecule has 0 bridgehead atoms. The van der Waals surface area contributed by atoms with Gasteiger partial charge in [-0.25, -0.2) is 0 Å². The van der Waals surface area contributed by atoms with Crippen molar-refractivity contribution in [3.8, 4) is 0 Å². The summed E-state index contributed by atoms with van der Waals surface area (Å²) in [5.74, 6) is 1.25. The van der Waals surface area contributed by atoms with Gasteiger partial charge in [0.15, 0.2) is 0 Å². The minimum Gasteiger partial charge on any atom is -0.329 e. The van der Waals surface area contributed by atoms with E-state index in [1.807, 2.05) is 0 Å². The van der Waals surface area contributed by atoms with Gasteiger partial charge in [0.1, 0.15) is 0 Å². The standard InChI is InChI=1S/C12H26N2S/c1-9-10(2)15-7-6-14(9)11(8-13)12(3,4)5/h9-11H,6-8,13H2,1-5H3. The highest BCUT2D eigenvalue weighted by Crippen LogP contribution is 2.31. The van der Waals surface area contributed by atoms with E-state index in [0.29, 0.717) is 12.1 Å². The lowest BCUT2D eigenvalue weighted by molar-refractivity contribution is 0.0724. The number of nitrogens with zero attached hydrogens (tertiary/aromatic N) is 1. The Morgan fingerprint density at radius 1 is 1.40 bits per heavy atom. The molecule has 2 nitrogen and oxygen atoms in total. The van der Waals surface area contributed by atoms with Crippen molar-refractivity contribution in [1.29, 1.82) is 0 Å². The summed E-state index contributed by atoms with van der Waals surface area (Å²) in [6.45, 7) is 13.5. The van der Waals surface area contributed by atoms with Crippen molar-refractivity contribution in [2.24, 2.45) is 11.1 Å². The van der Waals surface area contributed by atoms with E-state index in [2.05, 4.69) is 51.3 Å². The lowest BCUT2D eigenvalue weighted by atomic mass is 9.84. The molecule has 90 valence electrons. The fourth-order valence-electron chi connectivity index (χ4n) is 2.38. The minimum atomic E-state index is 0.282. The van der Waals surface area contributed by atoms with Gasteiger partial charge in [0, 0.05) is 36.2 Å². The van der Waals surface area contributed by atoms with Crippen LogP contribution in [0, 0.1) is 5.41 Å². The van der Waals surface area contributed by atoms with Gasteiger partial charge in [-0.05, 0) is 12.3 Å². The number of hydrogen-bond donors (Lipinski definition) is 1. The highest BCUT2D eigenvalue weighted by atomic mass is 32.2. The van der Waals surface area contributed by atoms with E-state index in [1.165, 1.54) is 12.3 Å². The number of nitrogens with two attached hydrogens (primary N) is 1. The zero-order valence-electron chi connectivity index (χ0n) is 10.8. The maximum Gasteiger partial charge on any atom is 0.0270 e. The summed E-state index contributed by atoms with van der Waals surface area (Å²) >= 11 is 2.09. The Kier molecular flexibility index (Phi) is 4.50.